The lowest BCUT2D eigenvalue weighted by Crippen LogP contribution is -2.30. The molecule has 100 valence electrons. The van der Waals surface area contributed by atoms with Gasteiger partial charge >= 0.3 is 21.5 Å². The van der Waals surface area contributed by atoms with Crippen molar-refractivity contribution in [2.45, 2.75) is 5.51 Å². The molecule has 0 heterocycles. The molecule has 0 saturated heterocycles. The second kappa shape index (κ2) is 4.76. The topological polar surface area (TPSA) is 83.5 Å². The van der Waals surface area contributed by atoms with Crippen LogP contribution in [0.25, 0.3) is 0 Å². The van der Waals surface area contributed by atoms with E-state index >= 15 is 0 Å². The summed E-state index contributed by atoms with van der Waals surface area (Å²) in [5.74, 6) is -1.56. The number of carboxylic acids is 1. The molecule has 0 atom stereocenters. The van der Waals surface area contributed by atoms with Gasteiger partial charge in [-0.3, -0.25) is 4.72 Å². The molecule has 18 heavy (non-hydrogen) atoms. The van der Waals surface area contributed by atoms with Crippen molar-refractivity contribution < 1.29 is 31.5 Å². The average Bonchev–Trinajstić information content (AvgIpc) is 2.18. The number of carbonyl (C=O) groups is 1. The molecule has 5 nitrogen and oxygen atoms in total. The predicted molar refractivity (Wildman–Crippen MR) is 59.7 cm³/mol. The summed E-state index contributed by atoms with van der Waals surface area (Å²) in [7, 11) is -5.65. The number of anilines is 1. The van der Waals surface area contributed by atoms with Crippen molar-refractivity contribution >= 4 is 37.6 Å². The summed E-state index contributed by atoms with van der Waals surface area (Å²) in [6, 6.07) is 3.11. The molecular formula is C8H5BrF3NO4S. The van der Waals surface area contributed by atoms with Crippen molar-refractivity contribution in [1.82, 2.24) is 0 Å². The van der Waals surface area contributed by atoms with Gasteiger partial charge in [0.15, 0.2) is 0 Å². The van der Waals surface area contributed by atoms with Gasteiger partial charge in [0.05, 0.1) is 11.3 Å². The summed E-state index contributed by atoms with van der Waals surface area (Å²) in [5.41, 5.74) is -6.78. The van der Waals surface area contributed by atoms with Gasteiger partial charge in [-0.2, -0.15) is 21.6 Å². The molecule has 0 spiro atoms. The number of carboxylic acid groups (broad SMARTS) is 1. The summed E-state index contributed by atoms with van der Waals surface area (Å²) in [6.07, 6.45) is 0. The van der Waals surface area contributed by atoms with Crippen LogP contribution in [-0.2, 0) is 10.0 Å². The van der Waals surface area contributed by atoms with E-state index in [2.05, 4.69) is 15.9 Å². The fourth-order valence-electron chi connectivity index (χ4n) is 0.985. The van der Waals surface area contributed by atoms with E-state index in [1.165, 1.54) is 10.8 Å². The zero-order valence-electron chi connectivity index (χ0n) is 8.32. The zero-order chi connectivity index (χ0) is 14.1. The highest BCUT2D eigenvalue weighted by molar-refractivity contribution is 9.10. The summed E-state index contributed by atoms with van der Waals surface area (Å²) in [5, 5.41) is 8.75. The minimum absolute atomic E-state index is 0.287. The van der Waals surface area contributed by atoms with Crippen molar-refractivity contribution in [3.8, 4) is 0 Å². The van der Waals surface area contributed by atoms with E-state index in [0.29, 0.717) is 0 Å². The maximum absolute atomic E-state index is 12.1. The Morgan fingerprint density at radius 1 is 1.33 bits per heavy atom. The molecule has 0 saturated carbocycles. The first kappa shape index (κ1) is 14.8. The zero-order valence-corrected chi connectivity index (χ0v) is 10.7. The molecule has 0 aliphatic carbocycles. The summed E-state index contributed by atoms with van der Waals surface area (Å²) in [6.45, 7) is 0. The molecule has 0 amide bonds. The second-order valence-corrected chi connectivity index (χ2v) is 5.64. The van der Waals surface area contributed by atoms with Crippen LogP contribution in [0, 0.1) is 0 Å². The summed E-state index contributed by atoms with van der Waals surface area (Å²) >= 11 is 2.92. The SMILES string of the molecule is O=C(O)c1cc(Br)ccc1NS(=O)(=O)C(F)(F)F. The van der Waals surface area contributed by atoms with Crippen LogP contribution in [0.2, 0.25) is 0 Å². The van der Waals surface area contributed by atoms with Crippen molar-refractivity contribution in [2.75, 3.05) is 4.72 Å². The third kappa shape index (κ3) is 3.13. The molecule has 1 aromatic rings. The Bertz CT molecular complexity index is 584. The molecule has 0 aliphatic rings. The van der Waals surface area contributed by atoms with Gasteiger partial charge in [0.1, 0.15) is 0 Å². The van der Waals surface area contributed by atoms with E-state index in [-0.39, 0.29) is 4.47 Å². The lowest BCUT2D eigenvalue weighted by atomic mass is 10.2. The Morgan fingerprint density at radius 2 is 1.89 bits per heavy atom. The van der Waals surface area contributed by atoms with E-state index in [1.807, 2.05) is 0 Å². The minimum Gasteiger partial charge on any atom is -0.478 e. The van der Waals surface area contributed by atoms with Crippen LogP contribution >= 0.6 is 15.9 Å². The number of hydrogen-bond acceptors (Lipinski definition) is 3. The predicted octanol–water partition coefficient (Wildman–Crippen LogP) is 2.41. The largest absolute Gasteiger partial charge is 0.516 e. The lowest BCUT2D eigenvalue weighted by molar-refractivity contribution is -0.0429. The molecule has 1 rings (SSSR count). The fraction of sp³-hybridized carbons (Fsp3) is 0.125. The Labute approximate surface area is 108 Å². The van der Waals surface area contributed by atoms with Crippen LogP contribution in [0.5, 0.6) is 0 Å². The van der Waals surface area contributed by atoms with E-state index in [0.717, 1.165) is 12.1 Å². The van der Waals surface area contributed by atoms with Crippen LogP contribution in [-0.4, -0.2) is 25.0 Å². The Balaban J connectivity index is 3.25. The van der Waals surface area contributed by atoms with Gasteiger partial charge in [-0.05, 0) is 18.2 Å². The number of sulfonamides is 1. The quantitative estimate of drug-likeness (QED) is 0.879. The molecule has 0 fully saturated rings. The molecule has 1 aromatic carbocycles. The maximum Gasteiger partial charge on any atom is 0.516 e. The number of halogens is 4. The molecule has 2 N–H and O–H groups in total. The van der Waals surface area contributed by atoms with E-state index in [1.54, 1.807) is 0 Å². The molecule has 0 unspecified atom stereocenters. The first-order valence-electron chi connectivity index (χ1n) is 4.16. The Hall–Kier alpha value is -1.29. The smallest absolute Gasteiger partial charge is 0.478 e. The van der Waals surface area contributed by atoms with Gasteiger partial charge in [-0.25, -0.2) is 4.79 Å². The third-order valence-corrected chi connectivity index (χ3v) is 3.35. The highest BCUT2D eigenvalue weighted by Crippen LogP contribution is 2.28. The summed E-state index contributed by atoms with van der Waals surface area (Å²) in [4.78, 5) is 10.8. The fourth-order valence-corrected chi connectivity index (χ4v) is 1.93. The first-order chi connectivity index (χ1) is 8.04. The molecule has 10 heteroatoms. The van der Waals surface area contributed by atoms with Crippen molar-refractivity contribution in [2.24, 2.45) is 0 Å². The van der Waals surface area contributed by atoms with Gasteiger partial charge in [-0.15, -0.1) is 0 Å². The maximum atomic E-state index is 12.1. The van der Waals surface area contributed by atoms with Gasteiger partial charge in [0.2, 0.25) is 0 Å². The van der Waals surface area contributed by atoms with E-state index in [9.17, 15) is 26.4 Å². The first-order valence-corrected chi connectivity index (χ1v) is 6.44. The lowest BCUT2D eigenvalue weighted by Gasteiger charge is -2.12. The number of alkyl halides is 3. The van der Waals surface area contributed by atoms with Gasteiger partial charge in [0, 0.05) is 4.47 Å². The number of nitrogens with one attached hydrogen (secondary N) is 1. The monoisotopic (exact) mass is 347 g/mol. The third-order valence-electron chi connectivity index (χ3n) is 1.76. The normalized spacial score (nSPS) is 12.2. The van der Waals surface area contributed by atoms with Gasteiger partial charge < -0.3 is 5.11 Å². The molecule has 0 aromatic heterocycles. The molecule has 0 radical (unpaired) electrons. The number of hydrogen-bond donors (Lipinski definition) is 2. The average molecular weight is 348 g/mol. The highest BCUT2D eigenvalue weighted by Gasteiger charge is 2.46. The van der Waals surface area contributed by atoms with Crippen molar-refractivity contribution in [3.63, 3.8) is 0 Å². The highest BCUT2D eigenvalue weighted by atomic mass is 79.9. The number of rotatable bonds is 3. The van der Waals surface area contributed by atoms with Gasteiger partial charge in [0.25, 0.3) is 0 Å². The molecule has 0 bridgehead atoms. The van der Waals surface area contributed by atoms with Crippen LogP contribution in [0.1, 0.15) is 10.4 Å². The standard InChI is InChI=1S/C8H5BrF3NO4S/c9-4-1-2-6(5(3-4)7(14)15)13-18(16,17)8(10,11)12/h1-3,13H,(H,14,15). The summed E-state index contributed by atoms with van der Waals surface area (Å²) < 4.78 is 59.5. The number of benzene rings is 1. The van der Waals surface area contributed by atoms with Crippen LogP contribution in [0.4, 0.5) is 18.9 Å². The molecular weight excluding hydrogens is 343 g/mol. The van der Waals surface area contributed by atoms with Crippen LogP contribution < -0.4 is 4.72 Å². The van der Waals surface area contributed by atoms with Crippen LogP contribution in [0.3, 0.4) is 0 Å². The Kier molecular flexibility index (Phi) is 3.91. The van der Waals surface area contributed by atoms with E-state index < -0.39 is 32.8 Å². The van der Waals surface area contributed by atoms with Crippen LogP contribution in [0.15, 0.2) is 22.7 Å². The number of aromatic carboxylic acids is 1. The van der Waals surface area contributed by atoms with Crippen molar-refractivity contribution in [3.05, 3.63) is 28.2 Å². The van der Waals surface area contributed by atoms with Crippen molar-refractivity contribution in [1.29, 1.82) is 0 Å². The minimum atomic E-state index is -5.65. The van der Waals surface area contributed by atoms with Gasteiger partial charge in [-0.1, -0.05) is 15.9 Å². The Morgan fingerprint density at radius 3 is 2.33 bits per heavy atom. The second-order valence-electron chi connectivity index (χ2n) is 3.05. The molecule has 0 aliphatic heterocycles. The van der Waals surface area contributed by atoms with E-state index in [4.69, 9.17) is 5.11 Å².